The van der Waals surface area contributed by atoms with Crippen LogP contribution in [0.4, 0.5) is 0 Å². The van der Waals surface area contributed by atoms with E-state index in [1.807, 2.05) is 6.20 Å². The van der Waals surface area contributed by atoms with Crippen molar-refractivity contribution >= 4 is 0 Å². The van der Waals surface area contributed by atoms with Crippen LogP contribution in [0.2, 0.25) is 0 Å². The monoisotopic (exact) mass is 235 g/mol. The highest BCUT2D eigenvalue weighted by Gasteiger charge is 2.29. The fourth-order valence-corrected chi connectivity index (χ4v) is 2.35. The molecule has 0 spiro atoms. The van der Waals surface area contributed by atoms with E-state index in [1.54, 1.807) is 12.4 Å². The van der Waals surface area contributed by atoms with Gasteiger partial charge in [0.2, 0.25) is 0 Å². The molecule has 94 valence electrons. The smallest absolute Gasteiger partial charge is 0.0753 e. The van der Waals surface area contributed by atoms with Crippen LogP contribution in [0.3, 0.4) is 0 Å². The summed E-state index contributed by atoms with van der Waals surface area (Å²) in [5.41, 5.74) is 0.981. The van der Waals surface area contributed by atoms with Gasteiger partial charge in [0, 0.05) is 37.3 Å². The van der Waals surface area contributed by atoms with E-state index >= 15 is 0 Å². The Labute approximate surface area is 103 Å². The number of rotatable bonds is 3. The van der Waals surface area contributed by atoms with Crippen molar-refractivity contribution in [3.8, 4) is 0 Å². The molecule has 0 bridgehead atoms. The predicted molar refractivity (Wildman–Crippen MR) is 66.6 cm³/mol. The zero-order chi connectivity index (χ0) is 12.3. The molecule has 1 saturated heterocycles. The fourth-order valence-electron chi connectivity index (χ4n) is 2.35. The van der Waals surface area contributed by atoms with Gasteiger partial charge in [0.1, 0.15) is 0 Å². The molecule has 1 aliphatic rings. The Bertz CT molecular complexity index is 353. The quantitative estimate of drug-likeness (QED) is 0.871. The van der Waals surface area contributed by atoms with Gasteiger partial charge in [-0.2, -0.15) is 0 Å². The second-order valence-corrected chi connectivity index (χ2v) is 5.32. The highest BCUT2D eigenvalue weighted by atomic mass is 16.5. The van der Waals surface area contributed by atoms with Gasteiger partial charge in [0.05, 0.1) is 11.3 Å². The summed E-state index contributed by atoms with van der Waals surface area (Å²) in [6.45, 7) is 7.26. The molecule has 0 aromatic carbocycles. The highest BCUT2D eigenvalue weighted by Crippen LogP contribution is 2.25. The van der Waals surface area contributed by atoms with Crippen molar-refractivity contribution in [2.24, 2.45) is 0 Å². The van der Waals surface area contributed by atoms with Crippen LogP contribution in [0.15, 0.2) is 18.6 Å². The number of nitrogens with one attached hydrogen (secondary N) is 1. The van der Waals surface area contributed by atoms with E-state index in [-0.39, 0.29) is 11.6 Å². The summed E-state index contributed by atoms with van der Waals surface area (Å²) in [5.74, 6) is 0. The first-order chi connectivity index (χ1) is 8.07. The molecule has 17 heavy (non-hydrogen) atoms. The lowest BCUT2D eigenvalue weighted by Crippen LogP contribution is -2.44. The maximum atomic E-state index is 5.71. The van der Waals surface area contributed by atoms with Crippen molar-refractivity contribution in [3.05, 3.63) is 24.3 Å². The Kier molecular flexibility index (Phi) is 3.74. The first kappa shape index (κ1) is 12.5. The summed E-state index contributed by atoms with van der Waals surface area (Å²) in [6, 6.07) is 0.735. The van der Waals surface area contributed by atoms with Crippen molar-refractivity contribution < 1.29 is 4.74 Å². The maximum absolute atomic E-state index is 5.71. The van der Waals surface area contributed by atoms with Gasteiger partial charge in [-0.1, -0.05) is 0 Å². The summed E-state index contributed by atoms with van der Waals surface area (Å²) >= 11 is 0. The van der Waals surface area contributed by atoms with Crippen molar-refractivity contribution in [2.45, 2.75) is 51.3 Å². The normalized spacial score (nSPS) is 25.5. The van der Waals surface area contributed by atoms with Gasteiger partial charge < -0.3 is 10.1 Å². The van der Waals surface area contributed by atoms with Crippen molar-refractivity contribution in [3.63, 3.8) is 0 Å². The second-order valence-electron chi connectivity index (χ2n) is 5.32. The molecule has 1 aliphatic heterocycles. The molecule has 1 N–H and O–H groups in total. The Morgan fingerprint density at radius 1 is 1.47 bits per heavy atom. The van der Waals surface area contributed by atoms with Gasteiger partial charge in [-0.05, 0) is 33.6 Å². The van der Waals surface area contributed by atoms with Gasteiger partial charge >= 0.3 is 0 Å². The van der Waals surface area contributed by atoms with E-state index < -0.39 is 0 Å². The Morgan fingerprint density at radius 3 is 2.94 bits per heavy atom. The minimum absolute atomic E-state index is 0.0159. The number of hydrogen-bond acceptors (Lipinski definition) is 4. The summed E-state index contributed by atoms with van der Waals surface area (Å²) in [4.78, 5) is 8.42. The molecule has 2 rings (SSSR count). The lowest BCUT2D eigenvalue weighted by Gasteiger charge is -2.37. The third kappa shape index (κ3) is 3.48. The average molecular weight is 235 g/mol. The van der Waals surface area contributed by atoms with E-state index in [0.717, 1.165) is 25.1 Å². The summed E-state index contributed by atoms with van der Waals surface area (Å²) < 4.78 is 5.71. The molecule has 2 atom stereocenters. The van der Waals surface area contributed by atoms with Crippen LogP contribution in [0.25, 0.3) is 0 Å². The number of ether oxygens (including phenoxy) is 1. The molecule has 2 heterocycles. The molecular formula is C13H21N3O. The van der Waals surface area contributed by atoms with E-state index in [0.29, 0.717) is 6.04 Å². The highest BCUT2D eigenvalue weighted by molar-refractivity contribution is 5.01. The van der Waals surface area contributed by atoms with Crippen LogP contribution < -0.4 is 5.32 Å². The molecule has 0 aliphatic carbocycles. The van der Waals surface area contributed by atoms with Gasteiger partial charge in [-0.15, -0.1) is 0 Å². The van der Waals surface area contributed by atoms with Crippen LogP contribution in [-0.2, 0) is 4.74 Å². The number of aromatic nitrogens is 2. The molecule has 1 aromatic rings. The standard InChI is InChI=1S/C13H21N3O/c1-10(12-9-14-5-6-15-12)16-11-4-7-17-13(2,3)8-11/h5-6,9-11,16H,4,7-8H2,1-3H3. The van der Waals surface area contributed by atoms with Crippen LogP contribution in [0.1, 0.15) is 45.3 Å². The third-order valence-electron chi connectivity index (χ3n) is 3.21. The van der Waals surface area contributed by atoms with Gasteiger partial charge in [0.15, 0.2) is 0 Å². The van der Waals surface area contributed by atoms with Gasteiger partial charge in [-0.3, -0.25) is 9.97 Å². The average Bonchev–Trinajstić information content (AvgIpc) is 2.29. The van der Waals surface area contributed by atoms with Crippen LogP contribution >= 0.6 is 0 Å². The lowest BCUT2D eigenvalue weighted by molar-refractivity contribution is -0.0640. The largest absolute Gasteiger partial charge is 0.375 e. The Hall–Kier alpha value is -1.00. The van der Waals surface area contributed by atoms with Gasteiger partial charge in [-0.25, -0.2) is 0 Å². The first-order valence-electron chi connectivity index (χ1n) is 6.23. The summed E-state index contributed by atoms with van der Waals surface area (Å²) in [5, 5.41) is 3.61. The molecular weight excluding hydrogens is 214 g/mol. The molecule has 0 radical (unpaired) electrons. The summed E-state index contributed by atoms with van der Waals surface area (Å²) in [7, 11) is 0. The SMILES string of the molecule is CC(NC1CCOC(C)(C)C1)c1cnccn1. The van der Waals surface area contributed by atoms with Crippen LogP contribution in [0, 0.1) is 0 Å². The Morgan fingerprint density at radius 2 is 2.29 bits per heavy atom. The number of hydrogen-bond donors (Lipinski definition) is 1. The van der Waals surface area contributed by atoms with E-state index in [4.69, 9.17) is 4.74 Å². The summed E-state index contributed by atoms with van der Waals surface area (Å²) in [6.07, 6.45) is 7.36. The van der Waals surface area contributed by atoms with Crippen molar-refractivity contribution in [1.29, 1.82) is 0 Å². The minimum atomic E-state index is -0.0159. The van der Waals surface area contributed by atoms with Gasteiger partial charge in [0.25, 0.3) is 0 Å². The van der Waals surface area contributed by atoms with Crippen molar-refractivity contribution in [2.75, 3.05) is 6.61 Å². The van der Waals surface area contributed by atoms with Crippen molar-refractivity contribution in [1.82, 2.24) is 15.3 Å². The lowest BCUT2D eigenvalue weighted by atomic mass is 9.93. The molecule has 2 unspecified atom stereocenters. The maximum Gasteiger partial charge on any atom is 0.0753 e. The number of nitrogens with zero attached hydrogens (tertiary/aromatic N) is 2. The molecule has 0 amide bonds. The second kappa shape index (κ2) is 5.10. The topological polar surface area (TPSA) is 47.0 Å². The molecule has 0 saturated carbocycles. The predicted octanol–water partition coefficient (Wildman–Crippen LogP) is 2.08. The van der Waals surface area contributed by atoms with E-state index in [9.17, 15) is 0 Å². The fraction of sp³-hybridized carbons (Fsp3) is 0.692. The third-order valence-corrected chi connectivity index (χ3v) is 3.21. The molecule has 1 aromatic heterocycles. The van der Waals surface area contributed by atoms with E-state index in [2.05, 4.69) is 36.1 Å². The zero-order valence-electron chi connectivity index (χ0n) is 10.8. The Balaban J connectivity index is 1.93. The van der Waals surface area contributed by atoms with Crippen LogP contribution in [0.5, 0.6) is 0 Å². The zero-order valence-corrected chi connectivity index (χ0v) is 10.8. The molecule has 1 fully saturated rings. The van der Waals surface area contributed by atoms with E-state index in [1.165, 1.54) is 0 Å². The minimum Gasteiger partial charge on any atom is -0.375 e. The molecule has 4 nitrogen and oxygen atoms in total. The first-order valence-corrected chi connectivity index (χ1v) is 6.23. The van der Waals surface area contributed by atoms with Crippen LogP contribution in [-0.4, -0.2) is 28.2 Å². The molecule has 4 heteroatoms.